The highest BCUT2D eigenvalue weighted by Crippen LogP contribution is 2.40. The molecule has 136 valence electrons. The molecular weight excluding hydrogens is 480 g/mol. The highest BCUT2D eigenvalue weighted by molar-refractivity contribution is 9.11. The van der Waals surface area contributed by atoms with Crippen molar-refractivity contribution in [3.63, 3.8) is 0 Å². The number of halogens is 2. The van der Waals surface area contributed by atoms with E-state index in [-0.39, 0.29) is 21.9 Å². The third kappa shape index (κ3) is 3.00. The van der Waals surface area contributed by atoms with Crippen molar-refractivity contribution < 1.29 is 10.2 Å². The molecule has 2 aromatic carbocycles. The van der Waals surface area contributed by atoms with Gasteiger partial charge < -0.3 is 14.8 Å². The van der Waals surface area contributed by atoms with Gasteiger partial charge in [-0.15, -0.1) is 10.2 Å². The number of nitrogens with zero attached hydrogens (tertiary/aromatic N) is 5. The molecule has 3 N–H and O–H groups in total. The van der Waals surface area contributed by atoms with Crippen LogP contribution in [-0.2, 0) is 7.05 Å². The number of fused-ring (bicyclic) bond motifs is 3. The largest absolute Gasteiger partial charge is 0.506 e. The second kappa shape index (κ2) is 6.78. The highest BCUT2D eigenvalue weighted by atomic mass is 79.9. The molecule has 0 amide bonds. The zero-order valence-corrected chi connectivity index (χ0v) is 17.0. The van der Waals surface area contributed by atoms with E-state index in [0.717, 1.165) is 10.9 Å². The topological polar surface area (TPSA) is 108 Å². The van der Waals surface area contributed by atoms with E-state index in [0.29, 0.717) is 21.2 Å². The maximum Gasteiger partial charge on any atom is 0.265 e. The Kier molecular flexibility index (Phi) is 4.44. The molecule has 4 rings (SSSR count). The summed E-state index contributed by atoms with van der Waals surface area (Å²) in [4.78, 5) is 4.46. The average molecular weight is 492 g/mol. The first kappa shape index (κ1) is 17.7. The predicted octanol–water partition coefficient (Wildman–Crippen LogP) is 3.90. The molecule has 0 bridgehead atoms. The van der Waals surface area contributed by atoms with E-state index < -0.39 is 0 Å². The molecule has 4 aromatic rings. The molecule has 0 radical (unpaired) electrons. The lowest BCUT2D eigenvalue weighted by atomic mass is 10.2. The zero-order valence-electron chi connectivity index (χ0n) is 13.9. The zero-order chi connectivity index (χ0) is 19.1. The molecule has 0 aliphatic heterocycles. The monoisotopic (exact) mass is 490 g/mol. The van der Waals surface area contributed by atoms with Gasteiger partial charge >= 0.3 is 0 Å². The minimum Gasteiger partial charge on any atom is -0.506 e. The lowest BCUT2D eigenvalue weighted by molar-refractivity contribution is 0.442. The van der Waals surface area contributed by atoms with Crippen molar-refractivity contribution in [3.05, 3.63) is 44.8 Å². The lowest BCUT2D eigenvalue weighted by Crippen LogP contribution is -2.01. The third-order valence-electron chi connectivity index (χ3n) is 4.07. The number of aromatic hydroxyl groups is 2. The van der Waals surface area contributed by atoms with Crippen LogP contribution in [0.3, 0.4) is 0 Å². The first-order chi connectivity index (χ1) is 13.0. The van der Waals surface area contributed by atoms with Crippen LogP contribution in [0, 0.1) is 0 Å². The Hall–Kier alpha value is -2.72. The molecule has 0 saturated heterocycles. The van der Waals surface area contributed by atoms with Gasteiger partial charge in [0.05, 0.1) is 16.2 Å². The van der Waals surface area contributed by atoms with Gasteiger partial charge in [0, 0.05) is 18.0 Å². The van der Waals surface area contributed by atoms with Crippen LogP contribution in [-0.4, -0.2) is 36.2 Å². The van der Waals surface area contributed by atoms with Crippen molar-refractivity contribution >= 4 is 66.1 Å². The van der Waals surface area contributed by atoms with Crippen LogP contribution in [0.25, 0.3) is 22.1 Å². The second-order valence-electron chi connectivity index (χ2n) is 5.71. The van der Waals surface area contributed by atoms with E-state index in [1.807, 2.05) is 35.9 Å². The summed E-state index contributed by atoms with van der Waals surface area (Å²) in [5.41, 5.74) is 5.50. The van der Waals surface area contributed by atoms with E-state index in [1.165, 1.54) is 12.3 Å². The molecule has 0 aliphatic rings. The number of nitrogens with one attached hydrogen (secondary N) is 1. The number of benzene rings is 2. The Bertz CT molecular complexity index is 1220. The summed E-state index contributed by atoms with van der Waals surface area (Å²) in [6.45, 7) is 0. The van der Waals surface area contributed by atoms with Crippen LogP contribution in [0.2, 0.25) is 0 Å². The molecule has 0 saturated carbocycles. The molecule has 0 aliphatic carbocycles. The van der Waals surface area contributed by atoms with Gasteiger partial charge in [-0.3, -0.25) is 0 Å². The first-order valence-electron chi connectivity index (χ1n) is 7.74. The van der Waals surface area contributed by atoms with E-state index in [2.05, 4.69) is 57.6 Å². The summed E-state index contributed by atoms with van der Waals surface area (Å²) in [6, 6.07) is 9.40. The van der Waals surface area contributed by atoms with E-state index >= 15 is 0 Å². The van der Waals surface area contributed by atoms with E-state index in [4.69, 9.17) is 0 Å². The third-order valence-corrected chi connectivity index (χ3v) is 5.43. The minimum absolute atomic E-state index is 0.0913. The van der Waals surface area contributed by atoms with Gasteiger partial charge in [0.15, 0.2) is 5.65 Å². The maximum absolute atomic E-state index is 10.1. The number of phenols is 2. The SMILES string of the molecule is Cn1c2ccccc2c2nnc(N/N=C\c3cc(Br)c(O)c(Br)c3O)nc21. The molecule has 27 heavy (non-hydrogen) atoms. The molecular formula is C17H12Br2N6O2. The number of anilines is 1. The van der Waals surface area contributed by atoms with Gasteiger partial charge in [-0.25, -0.2) is 5.43 Å². The predicted molar refractivity (Wildman–Crippen MR) is 110 cm³/mol. The molecule has 8 nitrogen and oxygen atoms in total. The molecule has 10 heteroatoms. The number of aromatic nitrogens is 4. The quantitative estimate of drug-likeness (QED) is 0.296. The van der Waals surface area contributed by atoms with Crippen molar-refractivity contribution in [2.45, 2.75) is 0 Å². The van der Waals surface area contributed by atoms with E-state index in [1.54, 1.807) is 0 Å². The van der Waals surface area contributed by atoms with Gasteiger partial charge in [0.1, 0.15) is 21.5 Å². The molecule has 0 spiro atoms. The number of aryl methyl sites for hydroxylation is 1. The smallest absolute Gasteiger partial charge is 0.265 e. The van der Waals surface area contributed by atoms with Gasteiger partial charge in [0.2, 0.25) is 0 Å². The lowest BCUT2D eigenvalue weighted by Gasteiger charge is -2.06. The fourth-order valence-corrected chi connectivity index (χ4v) is 3.88. The number of hydrazone groups is 1. The van der Waals surface area contributed by atoms with Gasteiger partial charge in [0.25, 0.3) is 5.95 Å². The summed E-state index contributed by atoms with van der Waals surface area (Å²) in [5.74, 6) is -0.00291. The van der Waals surface area contributed by atoms with Crippen LogP contribution < -0.4 is 5.43 Å². The Morgan fingerprint density at radius 2 is 1.93 bits per heavy atom. The number of hydrogen-bond acceptors (Lipinski definition) is 7. The van der Waals surface area contributed by atoms with Crippen molar-refractivity contribution in [2.24, 2.45) is 12.1 Å². The molecule has 0 atom stereocenters. The fraction of sp³-hybridized carbons (Fsp3) is 0.0588. The van der Waals surface area contributed by atoms with E-state index in [9.17, 15) is 10.2 Å². The summed E-state index contributed by atoms with van der Waals surface area (Å²) >= 11 is 6.33. The fourth-order valence-electron chi connectivity index (χ4n) is 2.73. The summed E-state index contributed by atoms with van der Waals surface area (Å²) in [7, 11) is 1.91. The minimum atomic E-state index is -0.135. The first-order valence-corrected chi connectivity index (χ1v) is 9.33. The van der Waals surface area contributed by atoms with Crippen molar-refractivity contribution in [2.75, 3.05) is 5.43 Å². The second-order valence-corrected chi connectivity index (χ2v) is 7.36. The van der Waals surface area contributed by atoms with Crippen LogP contribution in [0.15, 0.2) is 44.4 Å². The van der Waals surface area contributed by atoms with Crippen LogP contribution >= 0.6 is 31.9 Å². The van der Waals surface area contributed by atoms with Crippen LogP contribution in [0.4, 0.5) is 5.95 Å². The summed E-state index contributed by atoms with van der Waals surface area (Å²) in [6.07, 6.45) is 1.39. The Labute approximate surface area is 169 Å². The number of hydrogen-bond donors (Lipinski definition) is 3. The van der Waals surface area contributed by atoms with Gasteiger partial charge in [-0.2, -0.15) is 10.1 Å². The van der Waals surface area contributed by atoms with Crippen LogP contribution in [0.1, 0.15) is 5.56 Å². The number of para-hydroxylation sites is 1. The molecule has 2 heterocycles. The summed E-state index contributed by atoms with van der Waals surface area (Å²) in [5, 5.41) is 33.1. The Balaban J connectivity index is 1.66. The standard InChI is InChI=1S/C17H12Br2N6O2/c1-25-11-5-3-2-4-9(11)13-16(25)21-17(24-22-13)23-20-7-8-6-10(18)15(27)12(19)14(8)26/h2-7,26-27H,1H3,(H,21,23,24)/b20-7-. The van der Waals surface area contributed by atoms with Crippen molar-refractivity contribution in [1.82, 2.24) is 19.7 Å². The number of phenolic OH excluding ortho intramolecular Hbond substituents is 2. The van der Waals surface area contributed by atoms with Crippen molar-refractivity contribution in [3.8, 4) is 11.5 Å². The van der Waals surface area contributed by atoms with Gasteiger partial charge in [-0.1, -0.05) is 18.2 Å². The van der Waals surface area contributed by atoms with Gasteiger partial charge in [-0.05, 0) is 44.0 Å². The highest BCUT2D eigenvalue weighted by Gasteiger charge is 2.13. The summed E-state index contributed by atoms with van der Waals surface area (Å²) < 4.78 is 2.53. The molecule has 0 unspecified atom stereocenters. The number of rotatable bonds is 3. The Morgan fingerprint density at radius 3 is 2.74 bits per heavy atom. The molecule has 2 aromatic heterocycles. The maximum atomic E-state index is 10.1. The molecule has 0 fully saturated rings. The average Bonchev–Trinajstić information content (AvgIpc) is 2.96. The Morgan fingerprint density at radius 1 is 1.15 bits per heavy atom. The normalized spacial score (nSPS) is 11.7. The van der Waals surface area contributed by atoms with Crippen LogP contribution in [0.5, 0.6) is 11.5 Å². The van der Waals surface area contributed by atoms with Crippen molar-refractivity contribution in [1.29, 1.82) is 0 Å².